The number of H-pyrrole nitrogens is 1. The summed E-state index contributed by atoms with van der Waals surface area (Å²) in [7, 11) is 0.662. The molecule has 1 aromatic heterocycles. The van der Waals surface area contributed by atoms with Crippen molar-refractivity contribution in [2.45, 2.75) is 18.0 Å². The predicted molar refractivity (Wildman–Crippen MR) is 91.1 cm³/mol. The predicted octanol–water partition coefficient (Wildman–Crippen LogP) is 0.970. The highest BCUT2D eigenvalue weighted by atomic mass is 32.2. The molecule has 2 aromatic rings. The molecule has 0 saturated carbocycles. The second-order valence-electron chi connectivity index (χ2n) is 5.74. The van der Waals surface area contributed by atoms with Crippen LogP contribution in [0, 0.1) is 0 Å². The van der Waals surface area contributed by atoms with Gasteiger partial charge in [0.2, 0.25) is 0 Å². The third kappa shape index (κ3) is 4.48. The first-order valence-corrected chi connectivity index (χ1v) is 8.96. The number of hydrogen-bond donors (Lipinski definition) is 2. The molecule has 0 bridgehead atoms. The summed E-state index contributed by atoms with van der Waals surface area (Å²) in [4.78, 5) is 10.5. The van der Waals surface area contributed by atoms with Crippen molar-refractivity contribution in [2.24, 2.45) is 0 Å². The Labute approximate surface area is 139 Å². The second kappa shape index (κ2) is 7.83. The lowest BCUT2D eigenvalue weighted by Crippen LogP contribution is -2.42. The quantitative estimate of drug-likeness (QED) is 0.827. The zero-order valence-corrected chi connectivity index (χ0v) is 14.2. The van der Waals surface area contributed by atoms with Gasteiger partial charge < -0.3 is 10.3 Å². The number of piperazine rings is 1. The molecule has 1 unspecified atom stereocenters. The smallest absolute Gasteiger partial charge is 0.127 e. The van der Waals surface area contributed by atoms with Crippen LogP contribution in [0.2, 0.25) is 0 Å². The highest BCUT2D eigenvalue weighted by Crippen LogP contribution is 2.15. The van der Waals surface area contributed by atoms with Gasteiger partial charge in [-0.05, 0) is 17.7 Å². The normalized spacial score (nSPS) is 17.5. The van der Waals surface area contributed by atoms with Crippen LogP contribution in [0.3, 0.4) is 0 Å². The summed E-state index contributed by atoms with van der Waals surface area (Å²) >= 11 is 0. The maximum Gasteiger partial charge on any atom is 0.127 e. The van der Waals surface area contributed by atoms with E-state index < -0.39 is 11.0 Å². The topological polar surface area (TPSA) is 64.3 Å². The van der Waals surface area contributed by atoms with Crippen molar-refractivity contribution in [2.75, 3.05) is 33.2 Å². The Balaban J connectivity index is 1.64. The van der Waals surface area contributed by atoms with Crippen LogP contribution >= 0.6 is 0 Å². The van der Waals surface area contributed by atoms with Gasteiger partial charge in [0.1, 0.15) is 16.8 Å². The van der Waals surface area contributed by atoms with Crippen LogP contribution in [0.15, 0.2) is 41.6 Å². The Bertz CT molecular complexity index is 640. The first kappa shape index (κ1) is 16.3. The molecule has 1 atom stereocenters. The molecule has 6 nitrogen and oxygen atoms in total. The van der Waals surface area contributed by atoms with Gasteiger partial charge in [0, 0.05) is 52.2 Å². The molecule has 0 radical (unpaired) electrons. The van der Waals surface area contributed by atoms with E-state index in [-0.39, 0.29) is 0 Å². The van der Waals surface area contributed by atoms with Gasteiger partial charge in [-0.1, -0.05) is 12.1 Å². The molecule has 23 heavy (non-hydrogen) atoms. The van der Waals surface area contributed by atoms with Gasteiger partial charge in [-0.15, -0.1) is 0 Å². The lowest BCUT2D eigenvalue weighted by molar-refractivity contribution is 0.233. The van der Waals surface area contributed by atoms with Gasteiger partial charge in [-0.25, -0.2) is 13.5 Å². The Kier molecular flexibility index (Phi) is 5.56. The van der Waals surface area contributed by atoms with Gasteiger partial charge in [0.15, 0.2) is 0 Å². The first-order chi connectivity index (χ1) is 11.2. The van der Waals surface area contributed by atoms with Gasteiger partial charge in [0.25, 0.3) is 0 Å². The van der Waals surface area contributed by atoms with Crippen molar-refractivity contribution >= 4 is 11.0 Å². The molecule has 7 heteroatoms. The number of aromatic nitrogens is 2. The number of rotatable bonds is 6. The summed E-state index contributed by atoms with van der Waals surface area (Å²) in [5.41, 5.74) is 1.21. The van der Waals surface area contributed by atoms with Crippen LogP contribution in [-0.4, -0.2) is 56.6 Å². The van der Waals surface area contributed by atoms with Gasteiger partial charge in [-0.2, -0.15) is 0 Å². The van der Waals surface area contributed by atoms with Crippen molar-refractivity contribution in [1.29, 1.82) is 0 Å². The average Bonchev–Trinajstić information content (AvgIpc) is 3.08. The molecular weight excluding hydrogens is 310 g/mol. The number of aromatic amines is 1. The Morgan fingerprint density at radius 2 is 2.17 bits per heavy atom. The zero-order valence-electron chi connectivity index (χ0n) is 13.4. The maximum atomic E-state index is 12.7. The third-order valence-electron chi connectivity index (χ3n) is 3.93. The summed E-state index contributed by atoms with van der Waals surface area (Å²) in [6, 6.07) is 8.08. The van der Waals surface area contributed by atoms with Crippen LogP contribution in [0.5, 0.6) is 0 Å². The minimum absolute atomic E-state index is 0.529. The third-order valence-corrected chi connectivity index (χ3v) is 5.28. The molecule has 1 aliphatic heterocycles. The summed E-state index contributed by atoms with van der Waals surface area (Å²) < 4.78 is 14.5. The van der Waals surface area contributed by atoms with E-state index in [0.29, 0.717) is 6.54 Å². The molecule has 124 valence electrons. The fourth-order valence-corrected chi connectivity index (χ4v) is 3.76. The van der Waals surface area contributed by atoms with E-state index in [1.165, 1.54) is 5.56 Å². The molecule has 2 heterocycles. The van der Waals surface area contributed by atoms with Gasteiger partial charge in [0.05, 0.1) is 11.4 Å². The number of benzene rings is 1. The minimum Gasteiger partial charge on any atom is -0.347 e. The molecule has 0 spiro atoms. The Morgan fingerprint density at radius 3 is 2.91 bits per heavy atom. The summed E-state index contributed by atoms with van der Waals surface area (Å²) in [6.07, 6.45) is 3.49. The largest absolute Gasteiger partial charge is 0.347 e. The zero-order chi connectivity index (χ0) is 16.1. The average molecular weight is 333 g/mol. The van der Waals surface area contributed by atoms with Crippen molar-refractivity contribution in [3.8, 4) is 0 Å². The second-order valence-corrected chi connectivity index (χ2v) is 7.34. The molecule has 2 N–H and O–H groups in total. The molecule has 1 saturated heterocycles. The van der Waals surface area contributed by atoms with E-state index in [9.17, 15) is 4.21 Å². The lowest BCUT2D eigenvalue weighted by Gasteiger charge is -2.27. The summed E-state index contributed by atoms with van der Waals surface area (Å²) in [6.45, 7) is 5.64. The van der Waals surface area contributed by atoms with Gasteiger partial charge in [-0.3, -0.25) is 4.90 Å². The monoisotopic (exact) mass is 333 g/mol. The van der Waals surface area contributed by atoms with Crippen LogP contribution in [0.4, 0.5) is 0 Å². The molecule has 0 aliphatic carbocycles. The number of nitrogens with zero attached hydrogens (tertiary/aromatic N) is 3. The fraction of sp³-hybridized carbons (Fsp3) is 0.438. The van der Waals surface area contributed by atoms with E-state index in [1.807, 2.05) is 19.2 Å². The summed E-state index contributed by atoms with van der Waals surface area (Å²) in [5.74, 6) is 0.817. The lowest BCUT2D eigenvalue weighted by atomic mass is 10.2. The van der Waals surface area contributed by atoms with Crippen molar-refractivity contribution in [3.05, 3.63) is 48.0 Å². The highest BCUT2D eigenvalue weighted by Gasteiger charge is 2.14. The molecule has 1 aromatic carbocycles. The van der Waals surface area contributed by atoms with E-state index >= 15 is 0 Å². The Morgan fingerprint density at radius 1 is 1.35 bits per heavy atom. The fourth-order valence-electron chi connectivity index (χ4n) is 2.71. The van der Waals surface area contributed by atoms with E-state index in [1.54, 1.807) is 16.7 Å². The SMILES string of the molecule is CN(Cc1ncc[nH]1)S(=O)c1cccc(CN2CCNCC2)c1. The summed E-state index contributed by atoms with van der Waals surface area (Å²) in [5, 5.41) is 3.36. The number of hydrogen-bond acceptors (Lipinski definition) is 4. The van der Waals surface area contributed by atoms with E-state index in [2.05, 4.69) is 32.3 Å². The van der Waals surface area contributed by atoms with Crippen LogP contribution in [-0.2, 0) is 24.1 Å². The number of nitrogens with one attached hydrogen (secondary N) is 2. The highest BCUT2D eigenvalue weighted by molar-refractivity contribution is 7.82. The van der Waals surface area contributed by atoms with Gasteiger partial charge >= 0.3 is 0 Å². The van der Waals surface area contributed by atoms with Crippen LogP contribution < -0.4 is 5.32 Å². The van der Waals surface area contributed by atoms with Crippen molar-refractivity contribution in [3.63, 3.8) is 0 Å². The standard InChI is InChI=1S/C16H23N5OS/c1-20(13-16-18-5-6-19-16)23(22)15-4-2-3-14(11-15)12-21-9-7-17-8-10-21/h2-6,11,17H,7-10,12-13H2,1H3,(H,18,19). The van der Waals surface area contributed by atoms with E-state index in [0.717, 1.165) is 43.4 Å². The molecule has 0 amide bonds. The minimum atomic E-state index is -1.19. The van der Waals surface area contributed by atoms with Crippen molar-refractivity contribution < 1.29 is 4.21 Å². The van der Waals surface area contributed by atoms with Crippen molar-refractivity contribution in [1.82, 2.24) is 24.5 Å². The number of imidazole rings is 1. The molecule has 1 aliphatic rings. The van der Waals surface area contributed by atoms with E-state index in [4.69, 9.17) is 0 Å². The first-order valence-electron chi connectivity index (χ1n) is 7.85. The Hall–Kier alpha value is -1.54. The maximum absolute atomic E-state index is 12.7. The van der Waals surface area contributed by atoms with Crippen LogP contribution in [0.1, 0.15) is 11.4 Å². The van der Waals surface area contributed by atoms with Crippen LogP contribution in [0.25, 0.3) is 0 Å². The molecule has 3 rings (SSSR count). The molecule has 1 fully saturated rings. The molecular formula is C16H23N5OS.